The van der Waals surface area contributed by atoms with E-state index < -0.39 is 10.0 Å². The maximum absolute atomic E-state index is 13.3. The van der Waals surface area contributed by atoms with Crippen molar-refractivity contribution in [1.29, 1.82) is 0 Å². The molecule has 0 bridgehead atoms. The molecule has 0 radical (unpaired) electrons. The minimum Gasteiger partial charge on any atom is -0.494 e. The van der Waals surface area contributed by atoms with Crippen LogP contribution in [0.25, 0.3) is 0 Å². The maximum Gasteiger partial charge on any atom is 0.276 e. The van der Waals surface area contributed by atoms with Crippen LogP contribution in [0.1, 0.15) is 0 Å². The summed E-state index contributed by atoms with van der Waals surface area (Å²) >= 11 is 0. The van der Waals surface area contributed by atoms with E-state index in [4.69, 9.17) is 9.15 Å². The molecule has 0 amide bonds. The Morgan fingerprint density at radius 3 is 2.52 bits per heavy atom. The molecule has 0 unspecified atom stereocenters. The second kappa shape index (κ2) is 6.21. The van der Waals surface area contributed by atoms with E-state index in [0.717, 1.165) is 5.69 Å². The van der Waals surface area contributed by atoms with Gasteiger partial charge in [-0.2, -0.15) is 4.31 Å². The summed E-state index contributed by atoms with van der Waals surface area (Å²) in [6.45, 7) is 1.62. The van der Waals surface area contributed by atoms with Crippen LogP contribution in [0.3, 0.4) is 0 Å². The summed E-state index contributed by atoms with van der Waals surface area (Å²) in [5.74, 6) is 0.0666. The molecule has 0 atom stereocenters. The van der Waals surface area contributed by atoms with Crippen molar-refractivity contribution in [2.75, 3.05) is 38.2 Å². The van der Waals surface area contributed by atoms with Gasteiger partial charge in [0.25, 0.3) is 10.0 Å². The minimum absolute atomic E-state index is 0.0506. The fraction of sp³-hybridized carbons (Fsp3) is 0.333. The van der Waals surface area contributed by atoms with Gasteiger partial charge in [0.2, 0.25) is 5.09 Å². The minimum atomic E-state index is -3.60. The molecule has 1 aromatic heterocycles. The molecule has 1 aliphatic heterocycles. The first-order valence-corrected chi connectivity index (χ1v) is 8.58. The summed E-state index contributed by atoms with van der Waals surface area (Å²) in [5.41, 5.74) is 0.754. The third-order valence-electron chi connectivity index (χ3n) is 3.81. The Bertz CT molecular complexity index is 769. The van der Waals surface area contributed by atoms with Crippen LogP contribution in [-0.4, -0.2) is 46.0 Å². The van der Waals surface area contributed by atoms with Crippen LogP contribution in [0.2, 0.25) is 0 Å². The van der Waals surface area contributed by atoms with Crippen molar-refractivity contribution in [3.05, 3.63) is 42.4 Å². The van der Waals surface area contributed by atoms with E-state index in [1.807, 2.05) is 4.90 Å². The van der Waals surface area contributed by atoms with E-state index in [9.17, 15) is 12.8 Å². The smallest absolute Gasteiger partial charge is 0.276 e. The van der Waals surface area contributed by atoms with Gasteiger partial charge in [0, 0.05) is 32.2 Å². The van der Waals surface area contributed by atoms with Gasteiger partial charge in [-0.05, 0) is 24.3 Å². The van der Waals surface area contributed by atoms with Crippen LogP contribution < -0.4 is 9.64 Å². The number of hydrogen-bond acceptors (Lipinski definition) is 5. The predicted molar refractivity (Wildman–Crippen MR) is 82.6 cm³/mol. The van der Waals surface area contributed by atoms with Crippen molar-refractivity contribution in [1.82, 2.24) is 4.31 Å². The number of halogens is 1. The number of hydrogen-bond donors (Lipinski definition) is 0. The molecule has 1 aromatic carbocycles. The average molecular weight is 340 g/mol. The highest BCUT2D eigenvalue weighted by Crippen LogP contribution is 2.30. The first-order valence-electron chi connectivity index (χ1n) is 7.14. The first-order chi connectivity index (χ1) is 11.0. The summed E-state index contributed by atoms with van der Waals surface area (Å²) in [5, 5.41) is -0.0506. The van der Waals surface area contributed by atoms with Crippen molar-refractivity contribution < 1.29 is 22.0 Å². The van der Waals surface area contributed by atoms with E-state index in [1.54, 1.807) is 12.1 Å². The normalized spacial score (nSPS) is 16.5. The van der Waals surface area contributed by atoms with Crippen molar-refractivity contribution >= 4 is 15.7 Å². The summed E-state index contributed by atoms with van der Waals surface area (Å²) < 4.78 is 49.7. The van der Waals surface area contributed by atoms with Crippen LogP contribution >= 0.6 is 0 Å². The maximum atomic E-state index is 13.3. The Morgan fingerprint density at radius 1 is 1.17 bits per heavy atom. The highest BCUT2D eigenvalue weighted by atomic mass is 32.2. The van der Waals surface area contributed by atoms with Crippen molar-refractivity contribution in [3.63, 3.8) is 0 Å². The fourth-order valence-corrected chi connectivity index (χ4v) is 3.95. The molecule has 2 aromatic rings. The zero-order valence-corrected chi connectivity index (χ0v) is 13.4. The van der Waals surface area contributed by atoms with Gasteiger partial charge in [0.15, 0.2) is 0 Å². The molecule has 2 heterocycles. The molecule has 3 rings (SSSR count). The number of nitrogens with zero attached hydrogens (tertiary/aromatic N) is 2. The zero-order valence-electron chi connectivity index (χ0n) is 12.6. The molecule has 1 aliphatic rings. The molecule has 0 aliphatic carbocycles. The number of piperazine rings is 1. The van der Waals surface area contributed by atoms with Crippen molar-refractivity contribution in [3.8, 4) is 5.75 Å². The van der Waals surface area contributed by atoms with Gasteiger partial charge in [-0.25, -0.2) is 12.8 Å². The lowest BCUT2D eigenvalue weighted by Gasteiger charge is -2.35. The molecule has 0 spiro atoms. The molecule has 23 heavy (non-hydrogen) atoms. The number of ether oxygens (including phenoxy) is 1. The second-order valence-corrected chi connectivity index (χ2v) is 7.01. The Kier molecular flexibility index (Phi) is 4.27. The summed E-state index contributed by atoms with van der Waals surface area (Å²) in [6, 6.07) is 7.31. The van der Waals surface area contributed by atoms with Crippen LogP contribution in [0, 0.1) is 5.82 Å². The van der Waals surface area contributed by atoms with E-state index in [1.165, 1.54) is 35.9 Å². The number of rotatable bonds is 4. The molecule has 124 valence electrons. The molecule has 0 N–H and O–H groups in total. The number of sulfonamides is 1. The van der Waals surface area contributed by atoms with E-state index in [2.05, 4.69) is 0 Å². The van der Waals surface area contributed by atoms with E-state index in [0.29, 0.717) is 31.9 Å². The van der Waals surface area contributed by atoms with E-state index in [-0.39, 0.29) is 10.9 Å². The van der Waals surface area contributed by atoms with Crippen LogP contribution in [0.15, 0.2) is 46.1 Å². The standard InChI is InChI=1S/C15H17FN2O4S/c1-21-14-11-12(16)4-5-13(14)17-6-8-18(9-7-17)23(19,20)15-3-2-10-22-15/h2-5,10-11H,6-9H2,1H3. The Balaban J connectivity index is 1.74. The van der Waals surface area contributed by atoms with Crippen molar-refractivity contribution in [2.24, 2.45) is 0 Å². The summed E-state index contributed by atoms with van der Waals surface area (Å²) in [6.07, 6.45) is 1.34. The Morgan fingerprint density at radius 2 is 1.91 bits per heavy atom. The Labute approximate surface area is 134 Å². The van der Waals surface area contributed by atoms with Gasteiger partial charge in [-0.15, -0.1) is 0 Å². The lowest BCUT2D eigenvalue weighted by atomic mass is 10.2. The topological polar surface area (TPSA) is 63.0 Å². The third-order valence-corrected chi connectivity index (χ3v) is 5.60. The lowest BCUT2D eigenvalue weighted by Crippen LogP contribution is -2.48. The highest BCUT2D eigenvalue weighted by molar-refractivity contribution is 7.89. The third kappa shape index (κ3) is 3.04. The largest absolute Gasteiger partial charge is 0.494 e. The van der Waals surface area contributed by atoms with Crippen molar-refractivity contribution in [2.45, 2.75) is 5.09 Å². The van der Waals surface area contributed by atoms with Crippen LogP contribution in [-0.2, 0) is 10.0 Å². The quantitative estimate of drug-likeness (QED) is 0.851. The van der Waals surface area contributed by atoms with Crippen LogP contribution in [0.5, 0.6) is 5.75 Å². The number of methoxy groups -OCH3 is 1. The number of furan rings is 1. The molecular formula is C15H17FN2O4S. The van der Waals surface area contributed by atoms with Gasteiger partial charge < -0.3 is 14.1 Å². The highest BCUT2D eigenvalue weighted by Gasteiger charge is 2.31. The van der Waals surface area contributed by atoms with Gasteiger partial charge in [0.1, 0.15) is 11.6 Å². The van der Waals surface area contributed by atoms with Gasteiger partial charge in [-0.3, -0.25) is 0 Å². The fourth-order valence-electron chi connectivity index (χ4n) is 2.62. The molecule has 8 heteroatoms. The molecule has 1 fully saturated rings. The summed E-state index contributed by atoms with van der Waals surface area (Å²) in [7, 11) is -2.12. The lowest BCUT2D eigenvalue weighted by molar-refractivity contribution is 0.358. The number of anilines is 1. The monoisotopic (exact) mass is 340 g/mol. The predicted octanol–water partition coefficient (Wildman–Crippen LogP) is 1.94. The molecule has 1 saturated heterocycles. The molecular weight excluding hydrogens is 323 g/mol. The number of benzene rings is 1. The molecule has 0 saturated carbocycles. The second-order valence-electron chi connectivity index (χ2n) is 5.14. The zero-order chi connectivity index (χ0) is 16.4. The SMILES string of the molecule is COc1cc(F)ccc1N1CCN(S(=O)(=O)c2ccco2)CC1. The average Bonchev–Trinajstić information content (AvgIpc) is 3.10. The van der Waals surface area contributed by atoms with E-state index >= 15 is 0 Å². The van der Waals surface area contributed by atoms with Gasteiger partial charge in [0.05, 0.1) is 19.1 Å². The van der Waals surface area contributed by atoms with Gasteiger partial charge >= 0.3 is 0 Å². The first kappa shape index (κ1) is 15.8. The molecule has 6 nitrogen and oxygen atoms in total. The van der Waals surface area contributed by atoms with Gasteiger partial charge in [-0.1, -0.05) is 0 Å². The summed E-state index contributed by atoms with van der Waals surface area (Å²) in [4.78, 5) is 1.98. The Hall–Kier alpha value is -2.06. The van der Waals surface area contributed by atoms with Crippen LogP contribution in [0.4, 0.5) is 10.1 Å².